The number of carbonyl (C=O) groups is 1. The molecule has 4 heteroatoms. The first-order chi connectivity index (χ1) is 10.4. The zero-order chi connectivity index (χ0) is 16.0. The monoisotopic (exact) mass is 303 g/mol. The van der Waals surface area contributed by atoms with Crippen LogP contribution < -0.4 is 5.32 Å². The van der Waals surface area contributed by atoms with Gasteiger partial charge >= 0.3 is 0 Å². The Kier molecular flexibility index (Phi) is 4.00. The average molecular weight is 303 g/mol. The lowest BCUT2D eigenvalue weighted by Crippen LogP contribution is -2.44. The molecule has 22 heavy (non-hydrogen) atoms. The van der Waals surface area contributed by atoms with Crippen LogP contribution in [-0.2, 0) is 9.47 Å². The highest BCUT2D eigenvalue weighted by molar-refractivity contribution is 5.98. The van der Waals surface area contributed by atoms with Crippen LogP contribution in [0, 0.1) is 34.6 Å². The summed E-state index contributed by atoms with van der Waals surface area (Å²) in [4.78, 5) is 12.8. The third kappa shape index (κ3) is 2.34. The first-order valence-electron chi connectivity index (χ1n) is 8.02. The molecule has 1 aromatic carbocycles. The molecule has 2 aliphatic heterocycles. The maximum Gasteiger partial charge on any atom is 0.252 e. The predicted molar refractivity (Wildman–Crippen MR) is 85.5 cm³/mol. The fourth-order valence-electron chi connectivity index (χ4n) is 3.67. The fourth-order valence-corrected chi connectivity index (χ4v) is 3.67. The minimum atomic E-state index is -0.0410. The number of hydrogen-bond acceptors (Lipinski definition) is 3. The molecule has 0 aromatic heterocycles. The Labute approximate surface area is 132 Å². The van der Waals surface area contributed by atoms with Gasteiger partial charge in [0.15, 0.2) is 0 Å². The van der Waals surface area contributed by atoms with Gasteiger partial charge in [-0.3, -0.25) is 4.79 Å². The Morgan fingerprint density at radius 1 is 0.955 bits per heavy atom. The van der Waals surface area contributed by atoms with Crippen LogP contribution in [0.3, 0.4) is 0 Å². The van der Waals surface area contributed by atoms with Crippen LogP contribution in [0.25, 0.3) is 0 Å². The second kappa shape index (κ2) is 5.67. The van der Waals surface area contributed by atoms with Crippen LogP contribution in [0.15, 0.2) is 0 Å². The van der Waals surface area contributed by atoms with Gasteiger partial charge in [-0.25, -0.2) is 0 Å². The van der Waals surface area contributed by atoms with Gasteiger partial charge in [-0.15, -0.1) is 0 Å². The molecule has 1 amide bonds. The highest BCUT2D eigenvalue weighted by Gasteiger charge is 2.42. The van der Waals surface area contributed by atoms with Crippen molar-refractivity contribution in [2.75, 3.05) is 13.2 Å². The topological polar surface area (TPSA) is 47.6 Å². The molecule has 3 atom stereocenters. The second-order valence-electron chi connectivity index (χ2n) is 6.58. The van der Waals surface area contributed by atoms with E-state index in [1.807, 2.05) is 13.8 Å². The summed E-state index contributed by atoms with van der Waals surface area (Å²) in [6.45, 7) is 11.6. The van der Waals surface area contributed by atoms with Gasteiger partial charge < -0.3 is 14.8 Å². The van der Waals surface area contributed by atoms with Crippen molar-refractivity contribution >= 4 is 5.91 Å². The lowest BCUT2D eigenvalue weighted by molar-refractivity contribution is 0.0655. The summed E-state index contributed by atoms with van der Waals surface area (Å²) in [6, 6.07) is -0.0410. The largest absolute Gasteiger partial charge is 0.373 e. The standard InChI is InChI=1S/C18H25NO3/c1-9-10(2)12(4)16(13(5)11(9)3)18(20)19-14-8-22-15-6-7-21-17(14)15/h14-15,17H,6-8H2,1-5H3,(H,19,20)/t14-,15+,17+/m0/s1. The van der Waals surface area contributed by atoms with E-state index in [9.17, 15) is 4.79 Å². The van der Waals surface area contributed by atoms with Gasteiger partial charge in [0.25, 0.3) is 5.91 Å². The van der Waals surface area contributed by atoms with Gasteiger partial charge in [0.05, 0.1) is 18.8 Å². The molecule has 0 aliphatic carbocycles. The van der Waals surface area contributed by atoms with E-state index in [4.69, 9.17) is 9.47 Å². The molecule has 2 fully saturated rings. The summed E-state index contributed by atoms with van der Waals surface area (Å²) >= 11 is 0. The van der Waals surface area contributed by atoms with Crippen LogP contribution in [0.1, 0.15) is 44.6 Å². The number of amides is 1. The van der Waals surface area contributed by atoms with Crippen LogP contribution in [-0.4, -0.2) is 37.4 Å². The Morgan fingerprint density at radius 2 is 1.55 bits per heavy atom. The maximum absolute atomic E-state index is 12.8. The number of carbonyl (C=O) groups excluding carboxylic acids is 1. The molecule has 4 nitrogen and oxygen atoms in total. The lowest BCUT2D eigenvalue weighted by atomic mass is 9.89. The van der Waals surface area contributed by atoms with Crippen molar-refractivity contribution in [1.29, 1.82) is 0 Å². The molecule has 1 aromatic rings. The van der Waals surface area contributed by atoms with E-state index in [0.29, 0.717) is 6.61 Å². The van der Waals surface area contributed by atoms with Crippen LogP contribution >= 0.6 is 0 Å². The van der Waals surface area contributed by atoms with E-state index < -0.39 is 0 Å². The summed E-state index contributed by atoms with van der Waals surface area (Å²) < 4.78 is 11.4. The normalized spacial score (nSPS) is 27.0. The van der Waals surface area contributed by atoms with Crippen molar-refractivity contribution in [1.82, 2.24) is 5.32 Å². The number of ether oxygens (including phenoxy) is 2. The molecule has 2 heterocycles. The van der Waals surface area contributed by atoms with Crippen LogP contribution in [0.2, 0.25) is 0 Å². The second-order valence-corrected chi connectivity index (χ2v) is 6.58. The van der Waals surface area contributed by atoms with Crippen LogP contribution in [0.4, 0.5) is 0 Å². The summed E-state index contributed by atoms with van der Waals surface area (Å²) in [5.41, 5.74) is 6.62. The molecule has 2 saturated heterocycles. The van der Waals surface area contributed by atoms with E-state index in [1.54, 1.807) is 0 Å². The number of fused-ring (bicyclic) bond motifs is 1. The molecule has 0 spiro atoms. The third-order valence-corrected chi connectivity index (χ3v) is 5.51. The molecule has 120 valence electrons. The molecule has 1 N–H and O–H groups in total. The number of benzene rings is 1. The SMILES string of the molecule is Cc1c(C)c(C)c(C(=O)N[C@H]2CO[C@@H]3CCO[C@H]23)c(C)c1C. The van der Waals surface area contributed by atoms with Crippen molar-refractivity contribution in [2.45, 2.75) is 59.3 Å². The molecule has 3 rings (SSSR count). The number of nitrogens with one attached hydrogen (secondary N) is 1. The fraction of sp³-hybridized carbons (Fsp3) is 0.611. The summed E-state index contributed by atoms with van der Waals surface area (Å²) in [5.74, 6) is -0.00838. The quantitative estimate of drug-likeness (QED) is 0.913. The first kappa shape index (κ1) is 15.5. The summed E-state index contributed by atoms with van der Waals surface area (Å²) in [6.07, 6.45) is 1.09. The first-order valence-corrected chi connectivity index (χ1v) is 8.02. The van der Waals surface area contributed by atoms with E-state index in [1.165, 1.54) is 16.7 Å². The number of hydrogen-bond donors (Lipinski definition) is 1. The van der Waals surface area contributed by atoms with E-state index in [0.717, 1.165) is 29.7 Å². The Hall–Kier alpha value is -1.39. The van der Waals surface area contributed by atoms with Gasteiger partial charge in [0.2, 0.25) is 0 Å². The Bertz CT molecular complexity index is 594. The molecular weight excluding hydrogens is 278 g/mol. The summed E-state index contributed by atoms with van der Waals surface area (Å²) in [5, 5.41) is 3.13. The highest BCUT2D eigenvalue weighted by atomic mass is 16.6. The zero-order valence-corrected chi connectivity index (χ0v) is 14.1. The van der Waals surface area contributed by atoms with Gasteiger partial charge in [-0.1, -0.05) is 0 Å². The molecular formula is C18H25NO3. The van der Waals surface area contributed by atoms with Crippen LogP contribution in [0.5, 0.6) is 0 Å². The van der Waals surface area contributed by atoms with Crippen molar-refractivity contribution in [3.05, 3.63) is 33.4 Å². The number of rotatable bonds is 2. The van der Waals surface area contributed by atoms with Gasteiger partial charge in [0.1, 0.15) is 6.10 Å². The predicted octanol–water partition coefficient (Wildman–Crippen LogP) is 2.51. The third-order valence-electron chi connectivity index (χ3n) is 5.51. The smallest absolute Gasteiger partial charge is 0.252 e. The van der Waals surface area contributed by atoms with Gasteiger partial charge in [-0.2, -0.15) is 0 Å². The van der Waals surface area contributed by atoms with E-state index in [2.05, 4.69) is 26.1 Å². The molecule has 2 aliphatic rings. The average Bonchev–Trinajstić information content (AvgIpc) is 3.08. The van der Waals surface area contributed by atoms with Gasteiger partial charge in [-0.05, 0) is 68.9 Å². The van der Waals surface area contributed by atoms with E-state index in [-0.39, 0.29) is 24.2 Å². The highest BCUT2D eigenvalue weighted by Crippen LogP contribution is 2.29. The molecule has 0 bridgehead atoms. The van der Waals surface area contributed by atoms with Crippen molar-refractivity contribution in [3.63, 3.8) is 0 Å². The lowest BCUT2D eigenvalue weighted by Gasteiger charge is -2.21. The Balaban J connectivity index is 1.87. The minimum absolute atomic E-state index is 0.00838. The molecule has 0 radical (unpaired) electrons. The minimum Gasteiger partial charge on any atom is -0.373 e. The van der Waals surface area contributed by atoms with E-state index >= 15 is 0 Å². The zero-order valence-electron chi connectivity index (χ0n) is 14.1. The Morgan fingerprint density at radius 3 is 2.18 bits per heavy atom. The molecule has 0 unspecified atom stereocenters. The van der Waals surface area contributed by atoms with Crippen molar-refractivity contribution < 1.29 is 14.3 Å². The summed E-state index contributed by atoms with van der Waals surface area (Å²) in [7, 11) is 0. The maximum atomic E-state index is 12.8. The van der Waals surface area contributed by atoms with Gasteiger partial charge in [0, 0.05) is 12.2 Å². The molecule has 0 saturated carbocycles. The van der Waals surface area contributed by atoms with Crippen molar-refractivity contribution in [2.24, 2.45) is 0 Å². The van der Waals surface area contributed by atoms with Crippen molar-refractivity contribution in [3.8, 4) is 0 Å².